The van der Waals surface area contributed by atoms with Crippen molar-refractivity contribution < 1.29 is 19.2 Å². The van der Waals surface area contributed by atoms with Gasteiger partial charge in [0.15, 0.2) is 0 Å². The lowest BCUT2D eigenvalue weighted by molar-refractivity contribution is -0.147. The Morgan fingerprint density at radius 1 is 1.14 bits per heavy atom. The van der Waals surface area contributed by atoms with Crippen LogP contribution < -0.4 is 5.32 Å². The molecule has 0 spiro atoms. The molecule has 2 aliphatic heterocycles. The van der Waals surface area contributed by atoms with E-state index in [1.165, 1.54) is 4.90 Å². The molecule has 8 nitrogen and oxygen atoms in total. The van der Waals surface area contributed by atoms with Crippen molar-refractivity contribution in [2.75, 3.05) is 45.8 Å². The van der Waals surface area contributed by atoms with Crippen molar-refractivity contribution in [1.82, 2.24) is 20.0 Å². The fraction of sp³-hybridized carbons (Fsp3) is 0.714. The predicted octanol–water partition coefficient (Wildman–Crippen LogP) is -1.58. The summed E-state index contributed by atoms with van der Waals surface area (Å²) in [4.78, 5) is 50.6. The molecule has 1 N–H and O–H groups in total. The highest BCUT2D eigenvalue weighted by molar-refractivity contribution is 6.35. The first-order valence-corrected chi connectivity index (χ1v) is 7.66. The summed E-state index contributed by atoms with van der Waals surface area (Å²) in [5.74, 6) is -1.01. The van der Waals surface area contributed by atoms with E-state index < -0.39 is 11.8 Å². The minimum Gasteiger partial charge on any atom is -0.348 e. The third-order valence-corrected chi connectivity index (χ3v) is 4.01. The molecule has 0 aromatic heterocycles. The molecule has 2 rings (SSSR count). The Balaban J connectivity index is 1.63. The van der Waals surface area contributed by atoms with Gasteiger partial charge in [0.25, 0.3) is 0 Å². The lowest BCUT2D eigenvalue weighted by Crippen LogP contribution is -2.52. The molecule has 4 amide bonds. The summed E-state index contributed by atoms with van der Waals surface area (Å²) in [7, 11) is 0. The van der Waals surface area contributed by atoms with Crippen molar-refractivity contribution in [3.05, 3.63) is 0 Å². The Hall–Kier alpha value is -2.12. The molecule has 0 aliphatic carbocycles. The molecule has 0 unspecified atom stereocenters. The summed E-state index contributed by atoms with van der Waals surface area (Å²) in [6, 6.07) is 0. The lowest BCUT2D eigenvalue weighted by atomic mass is 10.3. The van der Waals surface area contributed by atoms with Crippen LogP contribution >= 0.6 is 0 Å². The summed E-state index contributed by atoms with van der Waals surface area (Å²) in [6.07, 6.45) is 2.90. The molecule has 0 aromatic rings. The molecule has 22 heavy (non-hydrogen) atoms. The highest BCUT2D eigenvalue weighted by Gasteiger charge is 2.25. The van der Waals surface area contributed by atoms with Gasteiger partial charge in [-0.15, -0.1) is 0 Å². The highest BCUT2D eigenvalue weighted by Crippen LogP contribution is 2.09. The number of carbonyl (C=O) groups is 4. The van der Waals surface area contributed by atoms with Crippen LogP contribution in [0.5, 0.6) is 0 Å². The first kappa shape index (κ1) is 16.3. The Morgan fingerprint density at radius 3 is 2.45 bits per heavy atom. The van der Waals surface area contributed by atoms with Gasteiger partial charge in [0, 0.05) is 52.2 Å². The molecule has 2 heterocycles. The van der Waals surface area contributed by atoms with Crippen LogP contribution in [0.3, 0.4) is 0 Å². The van der Waals surface area contributed by atoms with E-state index in [0.29, 0.717) is 52.1 Å². The predicted molar refractivity (Wildman–Crippen MR) is 77.7 cm³/mol. The van der Waals surface area contributed by atoms with Gasteiger partial charge in [0.1, 0.15) is 0 Å². The minimum absolute atomic E-state index is 0.162. The molecule has 2 saturated heterocycles. The number of likely N-dealkylation sites (tertiary alicyclic amines) is 1. The summed E-state index contributed by atoms with van der Waals surface area (Å²) in [6.45, 7) is 3.46. The standard InChI is InChI=1S/C14H22N4O4/c19-11-16-7-9-18(10-8-16)14(22)13(21)15-4-2-6-17-5-1-3-12(17)20/h11H,1-10H2,(H,15,21). The zero-order valence-corrected chi connectivity index (χ0v) is 12.6. The molecule has 0 radical (unpaired) electrons. The van der Waals surface area contributed by atoms with E-state index in [4.69, 9.17) is 0 Å². The smallest absolute Gasteiger partial charge is 0.312 e. The molecule has 122 valence electrons. The van der Waals surface area contributed by atoms with Gasteiger partial charge in [-0.05, 0) is 12.8 Å². The van der Waals surface area contributed by atoms with E-state index in [2.05, 4.69) is 5.32 Å². The summed E-state index contributed by atoms with van der Waals surface area (Å²) in [5.41, 5.74) is 0. The van der Waals surface area contributed by atoms with Gasteiger partial charge in [-0.3, -0.25) is 19.2 Å². The van der Waals surface area contributed by atoms with Crippen LogP contribution in [0.15, 0.2) is 0 Å². The largest absolute Gasteiger partial charge is 0.348 e. The van der Waals surface area contributed by atoms with E-state index in [9.17, 15) is 19.2 Å². The summed E-state index contributed by atoms with van der Waals surface area (Å²) in [5, 5.41) is 2.59. The molecular formula is C14H22N4O4. The third kappa shape index (κ3) is 4.19. The first-order valence-electron chi connectivity index (χ1n) is 7.66. The Bertz CT molecular complexity index is 446. The number of nitrogens with zero attached hydrogens (tertiary/aromatic N) is 3. The average Bonchev–Trinajstić information content (AvgIpc) is 2.96. The minimum atomic E-state index is -0.618. The number of amides is 4. The fourth-order valence-corrected chi connectivity index (χ4v) is 2.66. The molecular weight excluding hydrogens is 288 g/mol. The van der Waals surface area contributed by atoms with Crippen LogP contribution in [0, 0.1) is 0 Å². The van der Waals surface area contributed by atoms with Crippen LogP contribution in [0.25, 0.3) is 0 Å². The van der Waals surface area contributed by atoms with Gasteiger partial charge in [-0.2, -0.15) is 0 Å². The maximum Gasteiger partial charge on any atom is 0.312 e. The number of hydrogen-bond acceptors (Lipinski definition) is 4. The third-order valence-electron chi connectivity index (χ3n) is 4.01. The molecule has 8 heteroatoms. The van der Waals surface area contributed by atoms with Gasteiger partial charge in [0.2, 0.25) is 12.3 Å². The Kier molecular flexibility index (Phi) is 5.74. The van der Waals surface area contributed by atoms with Crippen LogP contribution in [-0.4, -0.2) is 84.6 Å². The Labute approximate surface area is 129 Å². The van der Waals surface area contributed by atoms with E-state index in [-0.39, 0.29) is 5.91 Å². The molecule has 0 saturated carbocycles. The van der Waals surface area contributed by atoms with Gasteiger partial charge >= 0.3 is 11.8 Å². The normalized spacial score (nSPS) is 18.5. The second-order valence-electron chi connectivity index (χ2n) is 5.53. The zero-order chi connectivity index (χ0) is 15.9. The zero-order valence-electron chi connectivity index (χ0n) is 12.6. The molecule has 0 aromatic carbocycles. The van der Waals surface area contributed by atoms with Crippen molar-refractivity contribution in [1.29, 1.82) is 0 Å². The van der Waals surface area contributed by atoms with Crippen molar-refractivity contribution >= 4 is 24.1 Å². The van der Waals surface area contributed by atoms with Gasteiger partial charge in [-0.1, -0.05) is 0 Å². The van der Waals surface area contributed by atoms with E-state index in [1.54, 1.807) is 9.80 Å². The molecule has 0 bridgehead atoms. The van der Waals surface area contributed by atoms with Crippen LogP contribution in [0.2, 0.25) is 0 Å². The van der Waals surface area contributed by atoms with Crippen molar-refractivity contribution in [3.63, 3.8) is 0 Å². The van der Waals surface area contributed by atoms with Gasteiger partial charge in [-0.25, -0.2) is 0 Å². The second-order valence-corrected chi connectivity index (χ2v) is 5.53. The number of nitrogens with one attached hydrogen (secondary N) is 1. The highest BCUT2D eigenvalue weighted by atomic mass is 16.2. The number of piperazine rings is 1. The lowest BCUT2D eigenvalue weighted by Gasteiger charge is -2.32. The Morgan fingerprint density at radius 2 is 1.86 bits per heavy atom. The van der Waals surface area contributed by atoms with Crippen molar-refractivity contribution in [2.24, 2.45) is 0 Å². The van der Waals surface area contributed by atoms with Crippen LogP contribution in [-0.2, 0) is 19.2 Å². The summed E-state index contributed by atoms with van der Waals surface area (Å²) >= 11 is 0. The topological polar surface area (TPSA) is 90.0 Å². The van der Waals surface area contributed by atoms with Gasteiger partial charge in [0.05, 0.1) is 0 Å². The maximum absolute atomic E-state index is 11.9. The van der Waals surface area contributed by atoms with E-state index in [1.807, 2.05) is 0 Å². The van der Waals surface area contributed by atoms with Crippen LogP contribution in [0.1, 0.15) is 19.3 Å². The average molecular weight is 310 g/mol. The number of rotatable bonds is 5. The number of hydrogen-bond donors (Lipinski definition) is 1. The van der Waals surface area contributed by atoms with E-state index in [0.717, 1.165) is 19.4 Å². The molecule has 0 atom stereocenters. The van der Waals surface area contributed by atoms with Crippen molar-refractivity contribution in [3.8, 4) is 0 Å². The summed E-state index contributed by atoms with van der Waals surface area (Å²) < 4.78 is 0. The SMILES string of the molecule is O=CN1CCN(C(=O)C(=O)NCCCN2CCCC2=O)CC1. The maximum atomic E-state index is 11.9. The fourth-order valence-electron chi connectivity index (χ4n) is 2.66. The monoisotopic (exact) mass is 310 g/mol. The molecule has 2 fully saturated rings. The number of carbonyl (C=O) groups excluding carboxylic acids is 4. The van der Waals surface area contributed by atoms with E-state index >= 15 is 0 Å². The second kappa shape index (κ2) is 7.77. The van der Waals surface area contributed by atoms with Crippen molar-refractivity contribution in [2.45, 2.75) is 19.3 Å². The molecule has 2 aliphatic rings. The first-order chi connectivity index (χ1) is 10.6. The van der Waals surface area contributed by atoms with Crippen LogP contribution in [0.4, 0.5) is 0 Å². The van der Waals surface area contributed by atoms with Gasteiger partial charge < -0.3 is 20.0 Å². The quantitative estimate of drug-likeness (QED) is 0.377.